The first-order valence-electron chi connectivity index (χ1n) is 12.8. The van der Waals surface area contributed by atoms with Crippen LogP contribution in [0.15, 0.2) is 60.8 Å². The smallest absolute Gasteiger partial charge is 0.238 e. The standard InChI is InChI=1S/C30H23N5O3/c1-29-14-24(36)33-21-5-2-6-23(25(21)29)35(28(29)38)15-19-8-7-16-10-17-12-30(13-18(17)11-22(16)32-19)20-4-3-9-31-26(20)34-27(30)37/h2-11H,12-15H2,1H3,(H,33,36)(H,31,34,37). The number of fused-ring (bicyclic) bond motifs is 4. The molecule has 0 saturated carbocycles. The number of nitrogens with one attached hydrogen (secondary N) is 2. The monoisotopic (exact) mass is 501 g/mol. The molecular formula is C30H23N5O3. The number of anilines is 3. The zero-order chi connectivity index (χ0) is 25.8. The van der Waals surface area contributed by atoms with Gasteiger partial charge in [0.1, 0.15) is 5.82 Å². The quantitative estimate of drug-likeness (QED) is 0.435. The first-order chi connectivity index (χ1) is 18.4. The van der Waals surface area contributed by atoms with Crippen molar-refractivity contribution < 1.29 is 14.4 Å². The maximum Gasteiger partial charge on any atom is 0.238 e. The van der Waals surface area contributed by atoms with E-state index in [4.69, 9.17) is 4.98 Å². The summed E-state index contributed by atoms with van der Waals surface area (Å²) in [6, 6.07) is 17.7. The van der Waals surface area contributed by atoms with E-state index in [0.717, 1.165) is 44.5 Å². The van der Waals surface area contributed by atoms with Crippen molar-refractivity contribution in [3.05, 3.63) is 88.7 Å². The van der Waals surface area contributed by atoms with Gasteiger partial charge in [-0.1, -0.05) is 18.2 Å². The molecule has 8 heteroatoms. The van der Waals surface area contributed by atoms with Crippen LogP contribution >= 0.6 is 0 Å². The lowest BCUT2D eigenvalue weighted by Gasteiger charge is -2.29. The van der Waals surface area contributed by atoms with Gasteiger partial charge in [-0.3, -0.25) is 19.4 Å². The number of carbonyl (C=O) groups excluding carboxylic acids is 3. The van der Waals surface area contributed by atoms with Gasteiger partial charge in [0, 0.05) is 34.8 Å². The van der Waals surface area contributed by atoms with Crippen molar-refractivity contribution in [2.24, 2.45) is 0 Å². The Bertz CT molecular complexity index is 1780. The minimum atomic E-state index is -0.868. The van der Waals surface area contributed by atoms with E-state index >= 15 is 0 Å². The molecule has 2 N–H and O–H groups in total. The Hall–Kier alpha value is -4.59. The van der Waals surface area contributed by atoms with E-state index in [1.165, 1.54) is 0 Å². The molecule has 8 nitrogen and oxygen atoms in total. The van der Waals surface area contributed by atoms with Crippen molar-refractivity contribution in [2.75, 3.05) is 15.5 Å². The lowest BCUT2D eigenvalue weighted by molar-refractivity contribution is -0.127. The van der Waals surface area contributed by atoms with Gasteiger partial charge in [-0.15, -0.1) is 0 Å². The van der Waals surface area contributed by atoms with Crippen LogP contribution < -0.4 is 15.5 Å². The third kappa shape index (κ3) is 2.66. The fourth-order valence-electron chi connectivity index (χ4n) is 6.99. The number of nitrogens with zero attached hydrogens (tertiary/aromatic N) is 3. The lowest BCUT2D eigenvalue weighted by Crippen LogP contribution is -2.42. The summed E-state index contributed by atoms with van der Waals surface area (Å²) >= 11 is 0. The van der Waals surface area contributed by atoms with Crippen LogP contribution in [0.25, 0.3) is 10.9 Å². The van der Waals surface area contributed by atoms with Crippen molar-refractivity contribution in [3.63, 3.8) is 0 Å². The Labute approximate surface area is 218 Å². The van der Waals surface area contributed by atoms with Crippen LogP contribution in [0.1, 0.15) is 41.3 Å². The normalized spacial score (nSPS) is 24.4. The largest absolute Gasteiger partial charge is 0.326 e. The molecule has 0 bridgehead atoms. The fourth-order valence-corrected chi connectivity index (χ4v) is 6.99. The van der Waals surface area contributed by atoms with Crippen molar-refractivity contribution in [1.82, 2.24) is 9.97 Å². The van der Waals surface area contributed by atoms with Crippen molar-refractivity contribution in [2.45, 2.75) is 43.6 Å². The van der Waals surface area contributed by atoms with Crippen LogP contribution in [-0.2, 0) is 44.6 Å². The van der Waals surface area contributed by atoms with Crippen LogP contribution in [0, 0.1) is 0 Å². The Morgan fingerprint density at radius 2 is 1.79 bits per heavy atom. The molecule has 2 aromatic carbocycles. The number of hydrogen-bond donors (Lipinski definition) is 2. The highest BCUT2D eigenvalue weighted by Gasteiger charge is 2.53. The van der Waals surface area contributed by atoms with Crippen molar-refractivity contribution in [1.29, 1.82) is 0 Å². The summed E-state index contributed by atoms with van der Waals surface area (Å²) in [5.74, 6) is 0.435. The topological polar surface area (TPSA) is 104 Å². The Morgan fingerprint density at radius 3 is 2.66 bits per heavy atom. The molecule has 0 fully saturated rings. The summed E-state index contributed by atoms with van der Waals surface area (Å²) in [7, 11) is 0. The van der Waals surface area contributed by atoms with Gasteiger partial charge in [-0.05, 0) is 67.3 Å². The number of carbonyl (C=O) groups is 3. The maximum atomic E-state index is 13.6. The molecule has 4 aliphatic rings. The number of amides is 3. The van der Waals surface area contributed by atoms with Crippen molar-refractivity contribution in [3.8, 4) is 0 Å². The molecule has 1 aliphatic carbocycles. The summed E-state index contributed by atoms with van der Waals surface area (Å²) in [5.41, 5.74) is 5.76. The predicted octanol–water partition coefficient (Wildman–Crippen LogP) is 3.77. The minimum Gasteiger partial charge on any atom is -0.326 e. The molecule has 4 aromatic rings. The van der Waals surface area contributed by atoms with Crippen LogP contribution in [0.3, 0.4) is 0 Å². The zero-order valence-electron chi connectivity index (χ0n) is 20.7. The van der Waals surface area contributed by atoms with Crippen LogP contribution in [0.2, 0.25) is 0 Å². The molecule has 0 saturated heterocycles. The molecule has 3 aliphatic heterocycles. The SMILES string of the molecule is CC12CC(=O)Nc3cccc(c31)N(Cc1ccc3cc4c(cc3n1)CC1(C4)C(=O)Nc3ncccc31)C2=O. The molecule has 0 radical (unpaired) electrons. The molecule has 2 aromatic heterocycles. The van der Waals surface area contributed by atoms with E-state index in [2.05, 4.69) is 27.8 Å². The van der Waals surface area contributed by atoms with Crippen LogP contribution in [-0.4, -0.2) is 27.7 Å². The average Bonchev–Trinajstić information content (AvgIpc) is 3.47. The highest BCUT2D eigenvalue weighted by atomic mass is 16.2. The summed E-state index contributed by atoms with van der Waals surface area (Å²) in [6.45, 7) is 2.17. The van der Waals surface area contributed by atoms with Gasteiger partial charge < -0.3 is 15.5 Å². The molecule has 186 valence electrons. The first kappa shape index (κ1) is 21.5. The van der Waals surface area contributed by atoms with E-state index in [9.17, 15) is 14.4 Å². The molecule has 3 amide bonds. The van der Waals surface area contributed by atoms with Gasteiger partial charge in [-0.25, -0.2) is 4.98 Å². The summed E-state index contributed by atoms with van der Waals surface area (Å²) in [5, 5.41) is 6.88. The van der Waals surface area contributed by atoms with Gasteiger partial charge in [-0.2, -0.15) is 0 Å². The predicted molar refractivity (Wildman–Crippen MR) is 142 cm³/mol. The Morgan fingerprint density at radius 1 is 0.947 bits per heavy atom. The minimum absolute atomic E-state index is 0.000867. The summed E-state index contributed by atoms with van der Waals surface area (Å²) in [4.78, 5) is 50.1. The average molecular weight is 502 g/mol. The lowest BCUT2D eigenvalue weighted by atomic mass is 9.77. The number of rotatable bonds is 2. The van der Waals surface area contributed by atoms with E-state index in [0.29, 0.717) is 30.9 Å². The summed E-state index contributed by atoms with van der Waals surface area (Å²) in [6.07, 6.45) is 3.08. The molecule has 5 heterocycles. The summed E-state index contributed by atoms with van der Waals surface area (Å²) < 4.78 is 0. The van der Waals surface area contributed by atoms with Gasteiger partial charge in [0.25, 0.3) is 0 Å². The third-order valence-electron chi connectivity index (χ3n) is 8.75. The molecular weight excluding hydrogens is 478 g/mol. The zero-order valence-corrected chi connectivity index (χ0v) is 20.7. The van der Waals surface area contributed by atoms with Gasteiger partial charge in [0.15, 0.2) is 0 Å². The number of hydrogen-bond acceptors (Lipinski definition) is 5. The van der Waals surface area contributed by atoms with Gasteiger partial charge >= 0.3 is 0 Å². The Kier molecular flexibility index (Phi) is 3.98. The fraction of sp³-hybridized carbons (Fsp3) is 0.233. The first-order valence-corrected chi connectivity index (χ1v) is 12.8. The molecule has 2 atom stereocenters. The van der Waals surface area contributed by atoms with E-state index in [-0.39, 0.29) is 24.1 Å². The molecule has 38 heavy (non-hydrogen) atoms. The van der Waals surface area contributed by atoms with E-state index in [1.807, 2.05) is 49.4 Å². The van der Waals surface area contributed by atoms with E-state index in [1.54, 1.807) is 11.1 Å². The second-order valence-electron chi connectivity index (χ2n) is 11.1. The molecule has 8 rings (SSSR count). The maximum absolute atomic E-state index is 13.6. The van der Waals surface area contributed by atoms with Gasteiger partial charge in [0.2, 0.25) is 17.7 Å². The third-order valence-corrected chi connectivity index (χ3v) is 8.75. The van der Waals surface area contributed by atoms with E-state index < -0.39 is 10.8 Å². The molecule has 1 spiro atoms. The van der Waals surface area contributed by atoms with Gasteiger partial charge in [0.05, 0.1) is 34.3 Å². The second kappa shape index (κ2) is 7.04. The number of aromatic nitrogens is 2. The highest BCUT2D eigenvalue weighted by Crippen LogP contribution is 2.51. The highest BCUT2D eigenvalue weighted by molar-refractivity contribution is 6.15. The number of benzene rings is 2. The van der Waals surface area contributed by atoms with Crippen LogP contribution in [0.4, 0.5) is 17.2 Å². The molecule has 2 unspecified atom stereocenters. The second-order valence-corrected chi connectivity index (χ2v) is 11.1. The number of pyridine rings is 2. The van der Waals surface area contributed by atoms with Crippen LogP contribution in [0.5, 0.6) is 0 Å². The Balaban J connectivity index is 1.15. The van der Waals surface area contributed by atoms with Crippen molar-refractivity contribution >= 4 is 45.8 Å².